The van der Waals surface area contributed by atoms with Crippen LogP contribution < -0.4 is 25.4 Å². The van der Waals surface area contributed by atoms with Gasteiger partial charge in [0.05, 0.1) is 20.1 Å². The van der Waals surface area contributed by atoms with E-state index >= 15 is 0 Å². The van der Waals surface area contributed by atoms with E-state index < -0.39 is 53.4 Å². The van der Waals surface area contributed by atoms with Crippen molar-refractivity contribution in [3.8, 4) is 11.5 Å². The average Bonchev–Trinajstić information content (AvgIpc) is 3.07. The van der Waals surface area contributed by atoms with Gasteiger partial charge in [-0.15, -0.1) is 0 Å². The minimum Gasteiger partial charge on any atom is -0.496 e. The van der Waals surface area contributed by atoms with Crippen LogP contribution in [0.5, 0.6) is 11.5 Å². The first-order valence-electron chi connectivity index (χ1n) is 18.3. The zero-order chi connectivity index (χ0) is 39.2. The average molecular weight is 739 g/mol. The lowest BCUT2D eigenvalue weighted by molar-refractivity contribution is -0.156. The molecule has 1 aliphatic heterocycles. The highest BCUT2D eigenvalue weighted by Gasteiger charge is 2.30. The Hall–Kier alpha value is -4.81. The second-order valence-electron chi connectivity index (χ2n) is 15.4. The van der Waals surface area contributed by atoms with Crippen LogP contribution in [0.2, 0.25) is 0 Å². The van der Waals surface area contributed by atoms with Crippen LogP contribution in [-0.4, -0.2) is 84.8 Å². The first-order valence-corrected chi connectivity index (χ1v) is 18.3. The summed E-state index contributed by atoms with van der Waals surface area (Å²) >= 11 is 0. The Bertz CT molecular complexity index is 1530. The molecule has 3 atom stereocenters. The molecule has 1 heterocycles. The van der Waals surface area contributed by atoms with Gasteiger partial charge < -0.3 is 39.8 Å². The standard InChI is InChI=1S/C40H58N4O9/c1-27(45)42-33(24-35(46)52-39(2,3)4)37(48)43-32(18-16-28-13-10-9-11-14-28)36(47)41-25-30-23-31(17-19-34(30)50-8)51-22-20-29-15-12-21-44(26-29)38(49)53-40(5,6)7/h9-11,13-14,17,19,23,29,32-33H,12,15-16,18,20-22,24-26H2,1-8H3,(H,41,47)(H,42,45)(H,43,48)/t29?,32-,33-/m0/s1. The predicted molar refractivity (Wildman–Crippen MR) is 200 cm³/mol. The minimum atomic E-state index is -1.24. The van der Waals surface area contributed by atoms with E-state index in [1.807, 2.05) is 51.1 Å². The van der Waals surface area contributed by atoms with E-state index in [0.29, 0.717) is 43.2 Å². The molecule has 0 aliphatic carbocycles. The molecule has 1 aliphatic rings. The molecule has 2 aromatic carbocycles. The molecule has 53 heavy (non-hydrogen) atoms. The van der Waals surface area contributed by atoms with Crippen LogP contribution in [0.15, 0.2) is 48.5 Å². The highest BCUT2D eigenvalue weighted by Crippen LogP contribution is 2.26. The number of nitrogens with zero attached hydrogens (tertiary/aromatic N) is 1. The number of carbonyl (C=O) groups is 5. The number of methoxy groups -OCH3 is 1. The van der Waals surface area contributed by atoms with Gasteiger partial charge in [0.1, 0.15) is 34.8 Å². The van der Waals surface area contributed by atoms with E-state index in [0.717, 1.165) is 24.8 Å². The Kier molecular flexibility index (Phi) is 16.0. The number of piperidine rings is 1. The summed E-state index contributed by atoms with van der Waals surface area (Å²) < 4.78 is 22.6. The highest BCUT2D eigenvalue weighted by molar-refractivity contribution is 5.94. The van der Waals surface area contributed by atoms with E-state index in [-0.39, 0.29) is 25.0 Å². The molecule has 1 saturated heterocycles. The number of benzene rings is 2. The SMILES string of the molecule is COc1ccc(OCCC2CCCN(C(=O)OC(C)(C)C)C2)cc1CNC(=O)[C@H](CCc1ccccc1)NC(=O)[C@H](CC(=O)OC(C)(C)C)NC(C)=O. The van der Waals surface area contributed by atoms with Crippen molar-refractivity contribution in [3.05, 3.63) is 59.7 Å². The van der Waals surface area contributed by atoms with Gasteiger partial charge in [-0.3, -0.25) is 19.2 Å². The number of amides is 4. The van der Waals surface area contributed by atoms with Gasteiger partial charge >= 0.3 is 12.1 Å². The Morgan fingerprint density at radius 3 is 2.23 bits per heavy atom. The van der Waals surface area contributed by atoms with E-state index in [1.165, 1.54) is 14.0 Å². The second-order valence-corrected chi connectivity index (χ2v) is 15.4. The number of hydrogen-bond acceptors (Lipinski definition) is 9. The Balaban J connectivity index is 1.66. The fraction of sp³-hybridized carbons (Fsp3) is 0.575. The van der Waals surface area contributed by atoms with Crippen molar-refractivity contribution in [3.63, 3.8) is 0 Å². The molecule has 0 aromatic heterocycles. The van der Waals surface area contributed by atoms with E-state index in [1.54, 1.807) is 43.9 Å². The number of likely N-dealkylation sites (tertiary alicyclic amines) is 1. The molecule has 0 spiro atoms. The number of nitrogens with one attached hydrogen (secondary N) is 3. The summed E-state index contributed by atoms with van der Waals surface area (Å²) in [5, 5.41) is 8.18. The van der Waals surface area contributed by atoms with Crippen molar-refractivity contribution in [2.45, 2.75) is 117 Å². The zero-order valence-electron chi connectivity index (χ0n) is 32.5. The predicted octanol–water partition coefficient (Wildman–Crippen LogP) is 5.08. The van der Waals surface area contributed by atoms with Gasteiger partial charge in [0.2, 0.25) is 17.7 Å². The molecular weight excluding hydrogens is 680 g/mol. The van der Waals surface area contributed by atoms with Gasteiger partial charge in [-0.2, -0.15) is 0 Å². The quantitative estimate of drug-likeness (QED) is 0.200. The molecule has 0 bridgehead atoms. The largest absolute Gasteiger partial charge is 0.496 e. The Morgan fingerprint density at radius 1 is 0.887 bits per heavy atom. The van der Waals surface area contributed by atoms with Gasteiger partial charge in [-0.25, -0.2) is 4.79 Å². The second kappa shape index (κ2) is 19.9. The van der Waals surface area contributed by atoms with Gasteiger partial charge in [0.15, 0.2) is 0 Å². The third-order valence-corrected chi connectivity index (χ3v) is 8.35. The summed E-state index contributed by atoms with van der Waals surface area (Å²) in [5.74, 6) is -0.865. The summed E-state index contributed by atoms with van der Waals surface area (Å²) in [7, 11) is 1.54. The third kappa shape index (κ3) is 15.8. The van der Waals surface area contributed by atoms with Crippen LogP contribution in [0.4, 0.5) is 4.79 Å². The lowest BCUT2D eigenvalue weighted by Crippen LogP contribution is -2.54. The highest BCUT2D eigenvalue weighted by atomic mass is 16.6. The van der Waals surface area contributed by atoms with Crippen LogP contribution in [0.3, 0.4) is 0 Å². The number of carbonyl (C=O) groups excluding carboxylic acids is 5. The molecule has 3 rings (SSSR count). The van der Waals surface area contributed by atoms with Crippen molar-refractivity contribution < 1.29 is 42.9 Å². The number of esters is 1. The molecule has 1 unspecified atom stereocenters. The number of hydrogen-bond donors (Lipinski definition) is 3. The maximum atomic E-state index is 13.7. The van der Waals surface area contributed by atoms with Crippen molar-refractivity contribution in [1.29, 1.82) is 0 Å². The van der Waals surface area contributed by atoms with Crippen LogP contribution in [0, 0.1) is 5.92 Å². The molecule has 2 aromatic rings. The maximum absolute atomic E-state index is 13.7. The fourth-order valence-corrected chi connectivity index (χ4v) is 5.93. The first-order chi connectivity index (χ1) is 24.9. The van der Waals surface area contributed by atoms with Crippen LogP contribution >= 0.6 is 0 Å². The molecule has 0 radical (unpaired) electrons. The Labute approximate surface area is 313 Å². The smallest absolute Gasteiger partial charge is 0.410 e. The lowest BCUT2D eigenvalue weighted by atomic mass is 9.95. The lowest BCUT2D eigenvalue weighted by Gasteiger charge is -2.34. The molecule has 3 N–H and O–H groups in total. The summed E-state index contributed by atoms with van der Waals surface area (Å²) in [6.07, 6.45) is 2.71. The molecule has 292 valence electrons. The monoisotopic (exact) mass is 738 g/mol. The third-order valence-electron chi connectivity index (χ3n) is 8.35. The summed E-state index contributed by atoms with van der Waals surface area (Å²) in [5.41, 5.74) is 0.317. The van der Waals surface area contributed by atoms with Crippen LogP contribution in [0.25, 0.3) is 0 Å². The molecule has 13 heteroatoms. The number of ether oxygens (including phenoxy) is 4. The van der Waals surface area contributed by atoms with Gasteiger partial charge in [0, 0.05) is 32.1 Å². The number of rotatable bonds is 16. The van der Waals surface area contributed by atoms with Gasteiger partial charge in [-0.05, 0) is 103 Å². The Morgan fingerprint density at radius 2 is 1.58 bits per heavy atom. The molecular formula is C40H58N4O9. The van der Waals surface area contributed by atoms with E-state index in [2.05, 4.69) is 16.0 Å². The fourth-order valence-electron chi connectivity index (χ4n) is 5.93. The summed E-state index contributed by atoms with van der Waals surface area (Å²) in [6, 6.07) is 12.7. The summed E-state index contributed by atoms with van der Waals surface area (Å²) in [4.78, 5) is 66.1. The van der Waals surface area contributed by atoms with Crippen LogP contribution in [-0.2, 0) is 41.6 Å². The van der Waals surface area contributed by atoms with Crippen molar-refractivity contribution >= 4 is 29.8 Å². The maximum Gasteiger partial charge on any atom is 0.410 e. The van der Waals surface area contributed by atoms with Gasteiger partial charge in [-0.1, -0.05) is 30.3 Å². The van der Waals surface area contributed by atoms with Crippen LogP contribution in [0.1, 0.15) is 91.7 Å². The topological polar surface area (TPSA) is 162 Å². The number of aryl methyl sites for hydroxylation is 1. The first kappa shape index (κ1) is 42.6. The van der Waals surface area contributed by atoms with E-state index in [9.17, 15) is 24.0 Å². The van der Waals surface area contributed by atoms with Crippen molar-refractivity contribution in [1.82, 2.24) is 20.9 Å². The normalized spacial score (nSPS) is 15.7. The molecule has 13 nitrogen and oxygen atoms in total. The van der Waals surface area contributed by atoms with E-state index in [4.69, 9.17) is 18.9 Å². The van der Waals surface area contributed by atoms with Gasteiger partial charge in [0.25, 0.3) is 0 Å². The summed E-state index contributed by atoms with van der Waals surface area (Å²) in [6.45, 7) is 13.8. The minimum absolute atomic E-state index is 0.0808. The molecule has 4 amide bonds. The van der Waals surface area contributed by atoms with Crippen molar-refractivity contribution in [2.75, 3.05) is 26.8 Å². The molecule has 1 fully saturated rings. The van der Waals surface area contributed by atoms with Crippen molar-refractivity contribution in [2.24, 2.45) is 5.92 Å². The molecule has 0 saturated carbocycles. The zero-order valence-corrected chi connectivity index (χ0v) is 32.5.